The molecule has 2 atom stereocenters. The molecule has 35 heavy (non-hydrogen) atoms. The molecule has 1 aliphatic rings. The molecule has 0 radical (unpaired) electrons. The fraction of sp³-hybridized carbons (Fsp3) is 0.179. The molecule has 2 amide bonds. The second kappa shape index (κ2) is 9.10. The number of fused-ring (bicyclic) bond motifs is 1. The number of anilines is 1. The average molecular weight is 467 g/mol. The Kier molecular flexibility index (Phi) is 5.82. The highest BCUT2D eigenvalue weighted by atomic mass is 16.5. The van der Waals surface area contributed by atoms with Crippen molar-refractivity contribution in [2.24, 2.45) is 0 Å². The predicted octanol–water partition coefficient (Wildman–Crippen LogP) is 4.38. The second-order valence-corrected chi connectivity index (χ2v) is 8.66. The minimum absolute atomic E-state index is 0.303. The van der Waals surface area contributed by atoms with Gasteiger partial charge in [-0.1, -0.05) is 48.0 Å². The van der Waals surface area contributed by atoms with Crippen LogP contribution in [0.1, 0.15) is 38.7 Å². The highest BCUT2D eigenvalue weighted by Gasteiger charge is 2.42. The first kappa shape index (κ1) is 22.4. The molecule has 0 saturated heterocycles. The molecule has 4 aromatic rings. The number of hydrogen-bond acceptors (Lipinski definition) is 4. The number of amides is 2. The molecule has 0 unspecified atom stereocenters. The van der Waals surface area contributed by atoms with Gasteiger partial charge in [0.05, 0.1) is 18.5 Å². The lowest BCUT2D eigenvalue weighted by atomic mass is 9.81. The van der Waals surface area contributed by atoms with Gasteiger partial charge in [0.25, 0.3) is 5.91 Å². The van der Waals surface area contributed by atoms with E-state index in [9.17, 15) is 9.59 Å². The van der Waals surface area contributed by atoms with E-state index in [0.29, 0.717) is 17.1 Å². The summed E-state index contributed by atoms with van der Waals surface area (Å²) in [6.07, 6.45) is 0. The molecule has 7 nitrogen and oxygen atoms in total. The lowest BCUT2D eigenvalue weighted by molar-refractivity contribution is -0.118. The van der Waals surface area contributed by atoms with Crippen LogP contribution in [0.5, 0.6) is 5.75 Å². The Labute approximate surface area is 203 Å². The van der Waals surface area contributed by atoms with Gasteiger partial charge in [-0.3, -0.25) is 9.59 Å². The van der Waals surface area contributed by atoms with E-state index in [1.165, 1.54) is 0 Å². The number of nitrogens with one attached hydrogen (secondary N) is 2. The number of rotatable bonds is 5. The lowest BCUT2D eigenvalue weighted by Crippen LogP contribution is -2.50. The highest BCUT2D eigenvalue weighted by molar-refractivity contribution is 6.04. The van der Waals surface area contributed by atoms with Crippen molar-refractivity contribution in [1.82, 2.24) is 15.1 Å². The summed E-state index contributed by atoms with van der Waals surface area (Å²) < 4.78 is 7.21. The zero-order valence-electron chi connectivity index (χ0n) is 19.8. The Bertz CT molecular complexity index is 1390. The molecule has 3 aromatic carbocycles. The molecule has 7 heteroatoms. The SMILES string of the molecule is COc1cccc([C@H]2c3c(C)nn(-c4ccc(C)cc4)c3NC(=O)[C@H]2NC(=O)c2ccccc2)c1. The Morgan fingerprint density at radius 2 is 1.74 bits per heavy atom. The first-order valence-electron chi connectivity index (χ1n) is 11.4. The van der Waals surface area contributed by atoms with E-state index in [2.05, 4.69) is 10.6 Å². The number of benzene rings is 3. The molecule has 176 valence electrons. The van der Waals surface area contributed by atoms with Gasteiger partial charge in [0.1, 0.15) is 17.6 Å². The average Bonchev–Trinajstić information content (AvgIpc) is 3.20. The van der Waals surface area contributed by atoms with Crippen LogP contribution in [0.3, 0.4) is 0 Å². The fourth-order valence-corrected chi connectivity index (χ4v) is 4.57. The third-order valence-electron chi connectivity index (χ3n) is 6.33. The first-order valence-corrected chi connectivity index (χ1v) is 11.4. The maximum atomic E-state index is 13.5. The number of aryl methyl sites for hydroxylation is 2. The van der Waals surface area contributed by atoms with Gasteiger partial charge >= 0.3 is 0 Å². The summed E-state index contributed by atoms with van der Waals surface area (Å²) in [6, 6.07) is 23.6. The van der Waals surface area contributed by atoms with E-state index < -0.39 is 12.0 Å². The second-order valence-electron chi connectivity index (χ2n) is 8.66. The van der Waals surface area contributed by atoms with E-state index in [-0.39, 0.29) is 11.8 Å². The zero-order valence-corrected chi connectivity index (χ0v) is 19.8. The Morgan fingerprint density at radius 1 is 1.00 bits per heavy atom. The van der Waals surface area contributed by atoms with Crippen molar-refractivity contribution in [3.05, 3.63) is 107 Å². The molecule has 5 rings (SSSR count). The van der Waals surface area contributed by atoms with Crippen molar-refractivity contribution in [1.29, 1.82) is 0 Å². The van der Waals surface area contributed by atoms with Crippen LogP contribution in [-0.2, 0) is 4.79 Å². The number of ether oxygens (including phenoxy) is 1. The molecule has 0 aliphatic carbocycles. The number of carbonyl (C=O) groups excluding carboxylic acids is 2. The topological polar surface area (TPSA) is 85.2 Å². The van der Waals surface area contributed by atoms with Crippen LogP contribution in [-0.4, -0.2) is 34.7 Å². The van der Waals surface area contributed by atoms with Crippen molar-refractivity contribution in [2.45, 2.75) is 25.8 Å². The maximum Gasteiger partial charge on any atom is 0.251 e. The van der Waals surface area contributed by atoms with Crippen LogP contribution in [0.4, 0.5) is 5.82 Å². The molecule has 0 spiro atoms. The molecule has 0 fully saturated rings. The standard InChI is InChI=1S/C28H26N4O3/c1-17-12-14-21(15-13-17)32-26-23(18(2)31-32)24(20-10-7-11-22(16-20)35-3)25(28(34)30-26)29-27(33)19-8-5-4-6-9-19/h4-16,24-25H,1-3H3,(H,29,33)(H,30,34)/t24-,25-/m0/s1. The Hall–Kier alpha value is -4.39. The number of aromatic nitrogens is 2. The van der Waals surface area contributed by atoms with Gasteiger partial charge in [0.15, 0.2) is 0 Å². The summed E-state index contributed by atoms with van der Waals surface area (Å²) >= 11 is 0. The zero-order chi connectivity index (χ0) is 24.5. The quantitative estimate of drug-likeness (QED) is 0.457. The molecular formula is C28H26N4O3. The van der Waals surface area contributed by atoms with E-state index >= 15 is 0 Å². The van der Waals surface area contributed by atoms with Gasteiger partial charge in [-0.15, -0.1) is 0 Å². The molecular weight excluding hydrogens is 440 g/mol. The monoisotopic (exact) mass is 466 g/mol. The summed E-state index contributed by atoms with van der Waals surface area (Å²) in [6.45, 7) is 3.94. The fourth-order valence-electron chi connectivity index (χ4n) is 4.57. The highest BCUT2D eigenvalue weighted by Crippen LogP contribution is 2.41. The molecule has 2 N–H and O–H groups in total. The minimum atomic E-state index is -0.836. The summed E-state index contributed by atoms with van der Waals surface area (Å²) in [5.41, 5.74) is 4.95. The van der Waals surface area contributed by atoms with Crippen molar-refractivity contribution >= 4 is 17.6 Å². The summed E-state index contributed by atoms with van der Waals surface area (Å²) in [5.74, 6) is 0.204. The van der Waals surface area contributed by atoms with Crippen LogP contribution in [0, 0.1) is 13.8 Å². The number of hydrogen-bond donors (Lipinski definition) is 2. The van der Waals surface area contributed by atoms with Crippen molar-refractivity contribution in [3.8, 4) is 11.4 Å². The van der Waals surface area contributed by atoms with Gasteiger partial charge < -0.3 is 15.4 Å². The van der Waals surface area contributed by atoms with Crippen LogP contribution < -0.4 is 15.4 Å². The summed E-state index contributed by atoms with van der Waals surface area (Å²) in [7, 11) is 1.60. The first-order chi connectivity index (χ1) is 17.0. The minimum Gasteiger partial charge on any atom is -0.497 e. The van der Waals surface area contributed by atoms with Crippen LogP contribution in [0.25, 0.3) is 5.69 Å². The number of carbonyl (C=O) groups is 2. The van der Waals surface area contributed by atoms with Crippen LogP contribution in [0.2, 0.25) is 0 Å². The Balaban J connectivity index is 1.64. The van der Waals surface area contributed by atoms with Gasteiger partial charge in [0, 0.05) is 17.0 Å². The molecule has 0 bridgehead atoms. The third kappa shape index (κ3) is 4.17. The van der Waals surface area contributed by atoms with Crippen molar-refractivity contribution in [2.75, 3.05) is 12.4 Å². The van der Waals surface area contributed by atoms with E-state index in [1.54, 1.807) is 36.1 Å². The smallest absolute Gasteiger partial charge is 0.251 e. The summed E-state index contributed by atoms with van der Waals surface area (Å²) in [5, 5.41) is 10.8. The van der Waals surface area contributed by atoms with Crippen molar-refractivity contribution < 1.29 is 14.3 Å². The normalized spacial score (nSPS) is 16.8. The Morgan fingerprint density at radius 3 is 2.46 bits per heavy atom. The van der Waals surface area contributed by atoms with E-state index in [0.717, 1.165) is 28.1 Å². The predicted molar refractivity (Wildman–Crippen MR) is 134 cm³/mol. The largest absolute Gasteiger partial charge is 0.497 e. The maximum absolute atomic E-state index is 13.5. The molecule has 1 aliphatic heterocycles. The van der Waals surface area contributed by atoms with Crippen LogP contribution >= 0.6 is 0 Å². The number of methoxy groups -OCH3 is 1. The third-order valence-corrected chi connectivity index (χ3v) is 6.33. The molecule has 2 heterocycles. The summed E-state index contributed by atoms with van der Waals surface area (Å²) in [4.78, 5) is 26.6. The van der Waals surface area contributed by atoms with Gasteiger partial charge in [0.2, 0.25) is 5.91 Å². The molecule has 1 aromatic heterocycles. The van der Waals surface area contributed by atoms with Gasteiger partial charge in [-0.05, 0) is 55.8 Å². The van der Waals surface area contributed by atoms with Crippen LogP contribution in [0.15, 0.2) is 78.9 Å². The number of nitrogens with zero attached hydrogens (tertiary/aromatic N) is 2. The van der Waals surface area contributed by atoms with E-state index in [4.69, 9.17) is 9.84 Å². The van der Waals surface area contributed by atoms with Crippen molar-refractivity contribution in [3.63, 3.8) is 0 Å². The van der Waals surface area contributed by atoms with E-state index in [1.807, 2.05) is 68.4 Å². The van der Waals surface area contributed by atoms with Gasteiger partial charge in [-0.25, -0.2) is 4.68 Å². The molecule has 0 saturated carbocycles. The lowest BCUT2D eigenvalue weighted by Gasteiger charge is -2.33. The van der Waals surface area contributed by atoms with Gasteiger partial charge in [-0.2, -0.15) is 5.10 Å².